The predicted molar refractivity (Wildman–Crippen MR) is 76.0 cm³/mol. The summed E-state index contributed by atoms with van der Waals surface area (Å²) < 4.78 is 5.35. The van der Waals surface area contributed by atoms with Gasteiger partial charge >= 0.3 is 5.97 Å². The molecule has 19 heavy (non-hydrogen) atoms. The van der Waals surface area contributed by atoms with E-state index < -0.39 is 5.97 Å². The van der Waals surface area contributed by atoms with Gasteiger partial charge in [-0.3, -0.25) is 4.79 Å². The highest BCUT2D eigenvalue weighted by Crippen LogP contribution is 2.27. The Morgan fingerprint density at radius 1 is 1.26 bits per heavy atom. The van der Waals surface area contributed by atoms with Gasteiger partial charge in [0, 0.05) is 6.54 Å². The average Bonchev–Trinajstić information content (AvgIpc) is 2.36. The van der Waals surface area contributed by atoms with Crippen LogP contribution in [0, 0.1) is 20.8 Å². The molecule has 0 saturated carbocycles. The SMILES string of the molecule is COc1cc(C)c(CCNCCC(=O)O)c(C)c1C. The lowest BCUT2D eigenvalue weighted by Gasteiger charge is -2.16. The van der Waals surface area contributed by atoms with Crippen LogP contribution < -0.4 is 10.1 Å². The Morgan fingerprint density at radius 2 is 1.95 bits per heavy atom. The summed E-state index contributed by atoms with van der Waals surface area (Å²) in [4.78, 5) is 10.4. The normalized spacial score (nSPS) is 10.5. The van der Waals surface area contributed by atoms with E-state index in [0.29, 0.717) is 6.54 Å². The van der Waals surface area contributed by atoms with Crippen LogP contribution in [0.4, 0.5) is 0 Å². The highest BCUT2D eigenvalue weighted by Gasteiger charge is 2.10. The Balaban J connectivity index is 2.64. The molecule has 1 aromatic carbocycles. The third-order valence-corrected chi connectivity index (χ3v) is 3.50. The van der Waals surface area contributed by atoms with E-state index in [1.54, 1.807) is 7.11 Å². The van der Waals surface area contributed by atoms with E-state index in [9.17, 15) is 4.79 Å². The molecule has 1 rings (SSSR count). The standard InChI is InChI=1S/C15H23NO3/c1-10-9-14(19-4)12(3)11(2)13(10)5-7-16-8-6-15(17)18/h9,16H,5-8H2,1-4H3,(H,17,18). The van der Waals surface area contributed by atoms with E-state index in [-0.39, 0.29) is 6.42 Å². The van der Waals surface area contributed by atoms with Gasteiger partial charge in [-0.15, -0.1) is 0 Å². The van der Waals surface area contributed by atoms with Crippen molar-refractivity contribution in [1.82, 2.24) is 5.32 Å². The number of carbonyl (C=O) groups is 1. The number of ether oxygens (including phenoxy) is 1. The first-order valence-corrected chi connectivity index (χ1v) is 6.53. The van der Waals surface area contributed by atoms with Gasteiger partial charge in [0.15, 0.2) is 0 Å². The van der Waals surface area contributed by atoms with Crippen LogP contribution in [0.5, 0.6) is 5.75 Å². The van der Waals surface area contributed by atoms with Crippen molar-refractivity contribution in [3.8, 4) is 5.75 Å². The van der Waals surface area contributed by atoms with Crippen molar-refractivity contribution in [3.05, 3.63) is 28.3 Å². The van der Waals surface area contributed by atoms with Crippen molar-refractivity contribution in [1.29, 1.82) is 0 Å². The lowest BCUT2D eigenvalue weighted by Crippen LogP contribution is -2.21. The predicted octanol–water partition coefficient (Wildman–Crippen LogP) is 2.23. The van der Waals surface area contributed by atoms with E-state index in [1.165, 1.54) is 22.3 Å². The van der Waals surface area contributed by atoms with Gasteiger partial charge in [0.2, 0.25) is 0 Å². The van der Waals surface area contributed by atoms with E-state index in [4.69, 9.17) is 9.84 Å². The summed E-state index contributed by atoms with van der Waals surface area (Å²) in [5.41, 5.74) is 4.98. The molecule has 0 aliphatic carbocycles. The first-order valence-electron chi connectivity index (χ1n) is 6.53. The number of benzene rings is 1. The lowest BCUT2D eigenvalue weighted by molar-refractivity contribution is -0.136. The maximum absolute atomic E-state index is 10.4. The van der Waals surface area contributed by atoms with Crippen molar-refractivity contribution in [3.63, 3.8) is 0 Å². The quantitative estimate of drug-likeness (QED) is 0.742. The summed E-state index contributed by atoms with van der Waals surface area (Å²) in [6, 6.07) is 2.06. The van der Waals surface area contributed by atoms with Crippen molar-refractivity contribution < 1.29 is 14.6 Å². The number of nitrogens with one attached hydrogen (secondary N) is 1. The average molecular weight is 265 g/mol. The van der Waals surface area contributed by atoms with Crippen LogP contribution in [-0.4, -0.2) is 31.3 Å². The molecule has 0 aliphatic heterocycles. The number of carboxylic acid groups (broad SMARTS) is 1. The summed E-state index contributed by atoms with van der Waals surface area (Å²) >= 11 is 0. The zero-order valence-corrected chi connectivity index (χ0v) is 12.2. The van der Waals surface area contributed by atoms with Gasteiger partial charge in [-0.25, -0.2) is 0 Å². The third kappa shape index (κ3) is 4.24. The van der Waals surface area contributed by atoms with E-state index in [0.717, 1.165) is 18.7 Å². The van der Waals surface area contributed by atoms with E-state index in [1.807, 2.05) is 0 Å². The number of carboxylic acids is 1. The van der Waals surface area contributed by atoms with E-state index in [2.05, 4.69) is 32.2 Å². The summed E-state index contributed by atoms with van der Waals surface area (Å²) in [6.45, 7) is 7.57. The molecule has 0 radical (unpaired) electrons. The van der Waals surface area contributed by atoms with Crippen LogP contribution in [-0.2, 0) is 11.2 Å². The second-order valence-electron chi connectivity index (χ2n) is 4.77. The minimum atomic E-state index is -0.764. The Bertz CT molecular complexity index is 455. The minimum absolute atomic E-state index is 0.166. The fraction of sp³-hybridized carbons (Fsp3) is 0.533. The number of aryl methyl sites for hydroxylation is 1. The van der Waals surface area contributed by atoms with E-state index >= 15 is 0 Å². The van der Waals surface area contributed by atoms with Gasteiger partial charge in [0.1, 0.15) is 5.75 Å². The molecule has 0 amide bonds. The first-order chi connectivity index (χ1) is 8.97. The van der Waals surface area contributed by atoms with Gasteiger partial charge < -0.3 is 15.2 Å². The van der Waals surface area contributed by atoms with Gasteiger partial charge in [-0.2, -0.15) is 0 Å². The van der Waals surface area contributed by atoms with Gasteiger partial charge in [0.05, 0.1) is 13.5 Å². The van der Waals surface area contributed by atoms with Gasteiger partial charge in [-0.05, 0) is 62.1 Å². The van der Waals surface area contributed by atoms with Crippen LogP contribution in [0.3, 0.4) is 0 Å². The number of hydrogen-bond donors (Lipinski definition) is 2. The molecule has 106 valence electrons. The molecule has 0 aromatic heterocycles. The number of methoxy groups -OCH3 is 1. The Labute approximate surface area is 114 Å². The Morgan fingerprint density at radius 3 is 2.53 bits per heavy atom. The second kappa shape index (κ2) is 7.14. The molecule has 1 aromatic rings. The molecule has 0 bridgehead atoms. The zero-order valence-electron chi connectivity index (χ0n) is 12.2. The lowest BCUT2D eigenvalue weighted by atomic mass is 9.95. The smallest absolute Gasteiger partial charge is 0.304 e. The van der Waals surface area contributed by atoms with Crippen LogP contribution in [0.15, 0.2) is 6.07 Å². The third-order valence-electron chi connectivity index (χ3n) is 3.50. The zero-order chi connectivity index (χ0) is 14.4. The minimum Gasteiger partial charge on any atom is -0.496 e. The second-order valence-corrected chi connectivity index (χ2v) is 4.77. The van der Waals surface area contributed by atoms with Crippen molar-refractivity contribution in [2.24, 2.45) is 0 Å². The van der Waals surface area contributed by atoms with Crippen LogP contribution >= 0.6 is 0 Å². The number of rotatable bonds is 7. The van der Waals surface area contributed by atoms with Crippen LogP contribution in [0.2, 0.25) is 0 Å². The molecule has 0 unspecified atom stereocenters. The maximum atomic E-state index is 10.4. The Kier molecular flexibility index (Phi) is 5.83. The molecular formula is C15H23NO3. The molecule has 0 heterocycles. The monoisotopic (exact) mass is 265 g/mol. The van der Waals surface area contributed by atoms with Crippen molar-refractivity contribution >= 4 is 5.97 Å². The molecule has 0 saturated heterocycles. The Hall–Kier alpha value is -1.55. The molecule has 4 heteroatoms. The largest absolute Gasteiger partial charge is 0.496 e. The first kappa shape index (κ1) is 15.5. The van der Waals surface area contributed by atoms with Crippen molar-refractivity contribution in [2.75, 3.05) is 20.2 Å². The summed E-state index contributed by atoms with van der Waals surface area (Å²) in [6.07, 6.45) is 1.07. The molecule has 0 aliphatic rings. The molecular weight excluding hydrogens is 242 g/mol. The maximum Gasteiger partial charge on any atom is 0.304 e. The van der Waals surface area contributed by atoms with Gasteiger partial charge in [-0.1, -0.05) is 0 Å². The molecule has 0 fully saturated rings. The summed E-state index contributed by atoms with van der Waals surface area (Å²) in [5.74, 6) is 0.165. The molecule has 2 N–H and O–H groups in total. The summed E-state index contributed by atoms with van der Waals surface area (Å²) in [5, 5.41) is 11.7. The molecule has 4 nitrogen and oxygen atoms in total. The summed E-state index contributed by atoms with van der Waals surface area (Å²) in [7, 11) is 1.69. The fourth-order valence-corrected chi connectivity index (χ4v) is 2.23. The van der Waals surface area contributed by atoms with Gasteiger partial charge in [0.25, 0.3) is 0 Å². The topological polar surface area (TPSA) is 58.6 Å². The van der Waals surface area contributed by atoms with Crippen molar-refractivity contribution in [2.45, 2.75) is 33.6 Å². The fourth-order valence-electron chi connectivity index (χ4n) is 2.23. The highest BCUT2D eigenvalue weighted by molar-refractivity contribution is 5.66. The molecule has 0 atom stereocenters. The number of aliphatic carboxylic acids is 1. The van der Waals surface area contributed by atoms with Crippen LogP contribution in [0.1, 0.15) is 28.7 Å². The molecule has 0 spiro atoms. The number of hydrogen-bond acceptors (Lipinski definition) is 3. The highest BCUT2D eigenvalue weighted by atomic mass is 16.5. The van der Waals surface area contributed by atoms with Crippen LogP contribution in [0.25, 0.3) is 0 Å².